The first-order valence-corrected chi connectivity index (χ1v) is 11.6. The number of rotatable bonds is 10. The predicted octanol–water partition coefficient (Wildman–Crippen LogP) is 6.33. The third-order valence-corrected chi connectivity index (χ3v) is 5.61. The second-order valence-electron chi connectivity index (χ2n) is 8.15. The first-order chi connectivity index (χ1) is 18.8. The number of ether oxygens (including phenoxy) is 3. The fourth-order valence-corrected chi connectivity index (χ4v) is 3.67. The van der Waals surface area contributed by atoms with Gasteiger partial charge >= 0.3 is 5.97 Å². The highest BCUT2D eigenvalue weighted by Gasteiger charge is 2.18. The van der Waals surface area contributed by atoms with Crippen LogP contribution >= 0.6 is 0 Å². The summed E-state index contributed by atoms with van der Waals surface area (Å²) in [6.45, 7) is -0.320. The van der Waals surface area contributed by atoms with Gasteiger partial charge in [-0.25, -0.2) is 4.79 Å². The van der Waals surface area contributed by atoms with E-state index < -0.39 is 21.5 Å². The minimum Gasteiger partial charge on any atom is -0.493 e. The first-order valence-electron chi connectivity index (χ1n) is 11.6. The number of carbonyl (C=O) groups excluding carboxylic acids is 1. The van der Waals surface area contributed by atoms with Crippen molar-refractivity contribution in [1.29, 1.82) is 0 Å². The molecule has 0 heterocycles. The molecule has 0 atom stereocenters. The van der Waals surface area contributed by atoms with E-state index in [4.69, 9.17) is 14.2 Å². The summed E-state index contributed by atoms with van der Waals surface area (Å²) in [5.74, 6) is 0.310. The van der Waals surface area contributed by atoms with Crippen molar-refractivity contribution in [2.45, 2.75) is 0 Å². The topological polar surface area (TPSA) is 131 Å². The lowest BCUT2D eigenvalue weighted by Gasteiger charge is -2.11. The third-order valence-electron chi connectivity index (χ3n) is 5.61. The molecule has 0 aliphatic rings. The van der Waals surface area contributed by atoms with Crippen molar-refractivity contribution in [3.05, 3.63) is 122 Å². The zero-order valence-electron chi connectivity index (χ0n) is 20.7. The standard InChI is InChI=1S/C29H22N2O8/c1-37-28-17-20(7-9-23-10-13-24(30(33)34)18-26(23)31(35)36)8-16-27(28)39-29(32)19-38-25-14-11-22(12-15-25)21-5-3-2-4-6-21/h2-18H,19H2,1H3/b9-7+. The molecule has 4 aromatic carbocycles. The minimum absolute atomic E-state index is 0.170. The van der Waals surface area contributed by atoms with Gasteiger partial charge in [0.1, 0.15) is 5.75 Å². The van der Waals surface area contributed by atoms with Crippen molar-refractivity contribution in [2.24, 2.45) is 0 Å². The highest BCUT2D eigenvalue weighted by Crippen LogP contribution is 2.31. The predicted molar refractivity (Wildman–Crippen MR) is 145 cm³/mol. The molecule has 0 radical (unpaired) electrons. The molecule has 0 unspecified atom stereocenters. The minimum atomic E-state index is -0.696. The number of hydrogen-bond donors (Lipinski definition) is 0. The Morgan fingerprint density at radius 1 is 0.795 bits per heavy atom. The number of carbonyl (C=O) groups is 1. The van der Waals surface area contributed by atoms with E-state index in [-0.39, 0.29) is 29.4 Å². The Morgan fingerprint density at radius 2 is 1.51 bits per heavy atom. The molecular formula is C29H22N2O8. The molecule has 0 amide bonds. The van der Waals surface area contributed by atoms with Crippen LogP contribution in [0.3, 0.4) is 0 Å². The fourth-order valence-electron chi connectivity index (χ4n) is 3.67. The molecule has 0 aliphatic heterocycles. The fraction of sp³-hybridized carbons (Fsp3) is 0.0690. The monoisotopic (exact) mass is 526 g/mol. The summed E-state index contributed by atoms with van der Waals surface area (Å²) in [5.41, 5.74) is 2.10. The normalized spacial score (nSPS) is 10.7. The quantitative estimate of drug-likeness (QED) is 0.0770. The van der Waals surface area contributed by atoms with Crippen molar-refractivity contribution in [3.8, 4) is 28.4 Å². The summed E-state index contributed by atoms with van der Waals surface area (Å²) in [4.78, 5) is 33.3. The number of benzene rings is 4. The summed E-state index contributed by atoms with van der Waals surface area (Å²) in [7, 11) is 1.41. The van der Waals surface area contributed by atoms with Crippen molar-refractivity contribution in [1.82, 2.24) is 0 Å². The number of methoxy groups -OCH3 is 1. The van der Waals surface area contributed by atoms with Gasteiger partial charge in [0, 0.05) is 6.07 Å². The van der Waals surface area contributed by atoms with Crippen molar-refractivity contribution >= 4 is 29.5 Å². The molecule has 0 fully saturated rings. The Balaban J connectivity index is 1.39. The summed E-state index contributed by atoms with van der Waals surface area (Å²) in [6.07, 6.45) is 3.03. The van der Waals surface area contributed by atoms with Gasteiger partial charge in [-0.3, -0.25) is 20.2 Å². The highest BCUT2D eigenvalue weighted by molar-refractivity contribution is 5.78. The van der Waals surface area contributed by atoms with Gasteiger partial charge in [-0.05, 0) is 53.1 Å². The summed E-state index contributed by atoms with van der Waals surface area (Å²) < 4.78 is 16.3. The zero-order valence-corrected chi connectivity index (χ0v) is 20.7. The number of nitrogens with zero attached hydrogens (tertiary/aromatic N) is 2. The number of nitro groups is 2. The zero-order chi connectivity index (χ0) is 27.8. The van der Waals surface area contributed by atoms with Crippen LogP contribution in [0.1, 0.15) is 11.1 Å². The maximum atomic E-state index is 12.4. The van der Waals surface area contributed by atoms with E-state index in [9.17, 15) is 25.0 Å². The molecule has 0 N–H and O–H groups in total. The van der Waals surface area contributed by atoms with E-state index in [1.54, 1.807) is 30.3 Å². The van der Waals surface area contributed by atoms with Crippen LogP contribution in [-0.4, -0.2) is 29.5 Å². The molecule has 10 nitrogen and oxygen atoms in total. The molecule has 0 saturated carbocycles. The van der Waals surface area contributed by atoms with Gasteiger partial charge in [0.15, 0.2) is 18.1 Å². The maximum absolute atomic E-state index is 12.4. The Kier molecular flexibility index (Phi) is 8.27. The van der Waals surface area contributed by atoms with Gasteiger partial charge in [0.2, 0.25) is 0 Å². The second-order valence-corrected chi connectivity index (χ2v) is 8.15. The van der Waals surface area contributed by atoms with Gasteiger partial charge in [-0.2, -0.15) is 0 Å². The van der Waals surface area contributed by atoms with Crippen LogP contribution in [0.5, 0.6) is 17.2 Å². The molecule has 4 aromatic rings. The number of non-ortho nitro benzene ring substituents is 1. The molecule has 10 heteroatoms. The van der Waals surface area contributed by atoms with Crippen LogP contribution in [0, 0.1) is 20.2 Å². The second kappa shape index (κ2) is 12.2. The van der Waals surface area contributed by atoms with Gasteiger partial charge in [-0.15, -0.1) is 0 Å². The van der Waals surface area contributed by atoms with Gasteiger partial charge in [0.25, 0.3) is 11.4 Å². The number of nitro benzene ring substituents is 2. The van der Waals surface area contributed by atoms with Crippen LogP contribution in [0.4, 0.5) is 11.4 Å². The van der Waals surface area contributed by atoms with E-state index in [2.05, 4.69) is 0 Å². The average Bonchev–Trinajstić information content (AvgIpc) is 2.96. The molecule has 0 aliphatic carbocycles. The van der Waals surface area contributed by atoms with Crippen LogP contribution < -0.4 is 14.2 Å². The van der Waals surface area contributed by atoms with E-state index in [0.29, 0.717) is 11.3 Å². The molecule has 39 heavy (non-hydrogen) atoms. The van der Waals surface area contributed by atoms with E-state index in [1.165, 1.54) is 31.4 Å². The number of esters is 1. The molecular weight excluding hydrogens is 504 g/mol. The van der Waals surface area contributed by atoms with E-state index in [1.807, 2.05) is 42.5 Å². The number of hydrogen-bond acceptors (Lipinski definition) is 8. The first kappa shape index (κ1) is 26.6. The molecule has 0 spiro atoms. The van der Waals surface area contributed by atoms with E-state index in [0.717, 1.165) is 17.2 Å². The van der Waals surface area contributed by atoms with Crippen LogP contribution in [0.25, 0.3) is 23.3 Å². The van der Waals surface area contributed by atoms with Crippen LogP contribution in [0.15, 0.2) is 91.0 Å². The maximum Gasteiger partial charge on any atom is 0.349 e. The largest absolute Gasteiger partial charge is 0.493 e. The summed E-state index contributed by atoms with van der Waals surface area (Å²) in [5, 5.41) is 22.3. The summed E-state index contributed by atoms with van der Waals surface area (Å²) >= 11 is 0. The molecule has 196 valence electrons. The van der Waals surface area contributed by atoms with Gasteiger partial charge in [-0.1, -0.05) is 54.6 Å². The van der Waals surface area contributed by atoms with Crippen LogP contribution in [-0.2, 0) is 4.79 Å². The van der Waals surface area contributed by atoms with Crippen LogP contribution in [0.2, 0.25) is 0 Å². The Labute approximate surface area is 223 Å². The van der Waals surface area contributed by atoms with Crippen molar-refractivity contribution < 1.29 is 28.9 Å². The highest BCUT2D eigenvalue weighted by atomic mass is 16.6. The van der Waals surface area contributed by atoms with Gasteiger partial charge < -0.3 is 14.2 Å². The molecule has 0 saturated heterocycles. The summed E-state index contributed by atoms with van der Waals surface area (Å²) in [6, 6.07) is 25.3. The third kappa shape index (κ3) is 6.83. The molecule has 0 aromatic heterocycles. The lowest BCUT2D eigenvalue weighted by molar-refractivity contribution is -0.394. The van der Waals surface area contributed by atoms with Crippen molar-refractivity contribution in [2.75, 3.05) is 13.7 Å². The Morgan fingerprint density at radius 3 is 2.18 bits per heavy atom. The lowest BCUT2D eigenvalue weighted by atomic mass is 10.1. The smallest absolute Gasteiger partial charge is 0.349 e. The molecule has 0 bridgehead atoms. The van der Waals surface area contributed by atoms with E-state index >= 15 is 0 Å². The Hall–Kier alpha value is -5.51. The molecule has 4 rings (SSSR count). The van der Waals surface area contributed by atoms with Crippen molar-refractivity contribution in [3.63, 3.8) is 0 Å². The SMILES string of the molecule is COc1cc(/C=C/c2ccc([N+](=O)[O-])cc2[N+](=O)[O-])ccc1OC(=O)COc1ccc(-c2ccccc2)cc1. The Bertz CT molecular complexity index is 1530. The van der Waals surface area contributed by atoms with Gasteiger partial charge in [0.05, 0.1) is 28.6 Å². The lowest BCUT2D eigenvalue weighted by Crippen LogP contribution is -2.18. The average molecular weight is 527 g/mol.